The van der Waals surface area contributed by atoms with E-state index in [0.29, 0.717) is 0 Å². The molecule has 1 aliphatic rings. The molecule has 0 aliphatic carbocycles. The molecule has 1 rings (SSSR count). The SMILES string of the molecule is O=C1NSNC(=O)NSN1. The Morgan fingerprint density at radius 1 is 0.800 bits per heavy atom. The van der Waals surface area contributed by atoms with Crippen molar-refractivity contribution >= 4 is 36.3 Å². The third-order valence-corrected chi connectivity index (χ3v) is 1.72. The summed E-state index contributed by atoms with van der Waals surface area (Å²) >= 11 is 1.62. The minimum Gasteiger partial charge on any atom is -0.263 e. The molecular weight excluding hydrogens is 176 g/mol. The van der Waals surface area contributed by atoms with Gasteiger partial charge in [-0.3, -0.25) is 18.9 Å². The van der Waals surface area contributed by atoms with Crippen molar-refractivity contribution in [2.24, 2.45) is 0 Å². The van der Waals surface area contributed by atoms with Crippen molar-refractivity contribution in [3.8, 4) is 0 Å². The highest BCUT2D eigenvalue weighted by Crippen LogP contribution is 1.93. The highest BCUT2D eigenvalue weighted by Gasteiger charge is 2.07. The quantitative estimate of drug-likeness (QED) is 0.387. The summed E-state index contributed by atoms with van der Waals surface area (Å²) in [6.07, 6.45) is 0. The Bertz CT molecular complexity index is 131. The van der Waals surface area contributed by atoms with Gasteiger partial charge in [-0.15, -0.1) is 0 Å². The van der Waals surface area contributed by atoms with Crippen LogP contribution in [0.4, 0.5) is 9.59 Å². The third kappa shape index (κ3) is 2.23. The summed E-state index contributed by atoms with van der Waals surface area (Å²) in [4.78, 5) is 21.0. The molecular formula is C2H4N4O2S2. The van der Waals surface area contributed by atoms with Gasteiger partial charge in [-0.05, 0) is 0 Å². The van der Waals surface area contributed by atoms with Gasteiger partial charge in [0.2, 0.25) is 0 Å². The molecule has 10 heavy (non-hydrogen) atoms. The first kappa shape index (κ1) is 7.35. The maximum atomic E-state index is 10.5. The third-order valence-electron chi connectivity index (χ3n) is 0.575. The largest absolute Gasteiger partial charge is 0.337 e. The fourth-order valence-corrected chi connectivity index (χ4v) is 1.08. The molecule has 56 valence electrons. The molecule has 0 aromatic carbocycles. The van der Waals surface area contributed by atoms with Gasteiger partial charge in [0, 0.05) is 0 Å². The molecule has 1 saturated heterocycles. The van der Waals surface area contributed by atoms with Crippen LogP contribution in [0.1, 0.15) is 0 Å². The zero-order chi connectivity index (χ0) is 7.40. The highest BCUT2D eigenvalue weighted by molar-refractivity contribution is 7.98. The summed E-state index contributed by atoms with van der Waals surface area (Å²) in [7, 11) is 0. The van der Waals surface area contributed by atoms with Crippen LogP contribution in [0.2, 0.25) is 0 Å². The molecule has 1 aliphatic heterocycles. The first-order valence-electron chi connectivity index (χ1n) is 2.22. The van der Waals surface area contributed by atoms with E-state index in [2.05, 4.69) is 18.9 Å². The van der Waals surface area contributed by atoms with E-state index in [9.17, 15) is 9.59 Å². The van der Waals surface area contributed by atoms with Crippen LogP contribution >= 0.6 is 24.3 Å². The molecule has 1 fully saturated rings. The number of carbonyl (C=O) groups is 2. The Labute approximate surface area is 65.4 Å². The minimum atomic E-state index is -0.373. The van der Waals surface area contributed by atoms with Gasteiger partial charge < -0.3 is 0 Å². The molecule has 0 saturated carbocycles. The molecule has 0 unspecified atom stereocenters. The van der Waals surface area contributed by atoms with Crippen molar-refractivity contribution in [3.63, 3.8) is 0 Å². The molecule has 1 heterocycles. The van der Waals surface area contributed by atoms with Gasteiger partial charge in [-0.1, -0.05) is 0 Å². The number of rotatable bonds is 0. The lowest BCUT2D eigenvalue weighted by molar-refractivity contribution is 0.249. The van der Waals surface area contributed by atoms with Crippen molar-refractivity contribution in [2.75, 3.05) is 0 Å². The Morgan fingerprint density at radius 2 is 1.10 bits per heavy atom. The second kappa shape index (κ2) is 3.42. The van der Waals surface area contributed by atoms with Crippen molar-refractivity contribution in [2.45, 2.75) is 0 Å². The van der Waals surface area contributed by atoms with Gasteiger partial charge in [-0.25, -0.2) is 9.59 Å². The molecule has 0 atom stereocenters. The number of hydrogen-bond acceptors (Lipinski definition) is 4. The monoisotopic (exact) mass is 180 g/mol. The van der Waals surface area contributed by atoms with Crippen LogP contribution in [0.5, 0.6) is 0 Å². The van der Waals surface area contributed by atoms with E-state index in [-0.39, 0.29) is 12.1 Å². The Morgan fingerprint density at radius 3 is 1.40 bits per heavy atom. The van der Waals surface area contributed by atoms with E-state index in [4.69, 9.17) is 0 Å². The van der Waals surface area contributed by atoms with Crippen molar-refractivity contribution in [1.82, 2.24) is 18.9 Å². The van der Waals surface area contributed by atoms with E-state index in [1.807, 2.05) is 0 Å². The van der Waals surface area contributed by atoms with Gasteiger partial charge in [0.05, 0.1) is 24.3 Å². The van der Waals surface area contributed by atoms with Crippen LogP contribution in [-0.4, -0.2) is 12.1 Å². The lowest BCUT2D eigenvalue weighted by Crippen LogP contribution is -2.39. The van der Waals surface area contributed by atoms with Crippen LogP contribution < -0.4 is 18.9 Å². The molecule has 0 radical (unpaired) electrons. The van der Waals surface area contributed by atoms with Gasteiger partial charge in [0.25, 0.3) is 0 Å². The molecule has 0 spiro atoms. The predicted molar refractivity (Wildman–Crippen MR) is 38.5 cm³/mol. The van der Waals surface area contributed by atoms with Crippen LogP contribution in [0, 0.1) is 0 Å². The molecule has 6 nitrogen and oxygen atoms in total. The first-order chi connectivity index (χ1) is 4.79. The molecule has 8 heteroatoms. The summed E-state index contributed by atoms with van der Waals surface area (Å²) < 4.78 is 9.15. The van der Waals surface area contributed by atoms with E-state index >= 15 is 0 Å². The lowest BCUT2D eigenvalue weighted by atomic mass is 11.2. The topological polar surface area (TPSA) is 82.3 Å². The highest BCUT2D eigenvalue weighted by atomic mass is 32.2. The lowest BCUT2D eigenvalue weighted by Gasteiger charge is -2.10. The molecule has 0 bridgehead atoms. The smallest absolute Gasteiger partial charge is 0.263 e. The molecule has 0 aromatic heterocycles. The standard InChI is InChI=1S/C2H4N4O2S2/c7-1-3-9-5-2(8)6-10-4-1/h(H2,3,4,7)(H2,5,6,8). The Balaban J connectivity index is 2.34. The van der Waals surface area contributed by atoms with E-state index in [0.717, 1.165) is 24.3 Å². The maximum Gasteiger partial charge on any atom is 0.337 e. The summed E-state index contributed by atoms with van der Waals surface area (Å²) in [6.45, 7) is 0. The molecule has 4 N–H and O–H groups in total. The summed E-state index contributed by atoms with van der Waals surface area (Å²) in [5, 5.41) is 0. The van der Waals surface area contributed by atoms with Crippen molar-refractivity contribution in [3.05, 3.63) is 0 Å². The summed E-state index contributed by atoms with van der Waals surface area (Å²) in [5.41, 5.74) is 0. The number of amides is 4. The van der Waals surface area contributed by atoms with Gasteiger partial charge >= 0.3 is 12.1 Å². The molecule has 4 amide bonds. The fraction of sp³-hybridized carbons (Fsp3) is 0. The van der Waals surface area contributed by atoms with Crippen molar-refractivity contribution < 1.29 is 9.59 Å². The second-order valence-electron chi connectivity index (χ2n) is 1.27. The van der Waals surface area contributed by atoms with Gasteiger partial charge in [0.15, 0.2) is 0 Å². The molecule has 0 aromatic rings. The van der Waals surface area contributed by atoms with E-state index in [1.165, 1.54) is 0 Å². The Hall–Kier alpha value is -0.760. The van der Waals surface area contributed by atoms with Crippen LogP contribution in [0.15, 0.2) is 0 Å². The number of hydrogen-bond donors (Lipinski definition) is 4. The summed E-state index contributed by atoms with van der Waals surface area (Å²) in [6, 6.07) is -0.745. The maximum absolute atomic E-state index is 10.5. The van der Waals surface area contributed by atoms with Crippen LogP contribution in [-0.2, 0) is 0 Å². The van der Waals surface area contributed by atoms with Crippen LogP contribution in [0.3, 0.4) is 0 Å². The van der Waals surface area contributed by atoms with Crippen molar-refractivity contribution in [1.29, 1.82) is 0 Å². The average molecular weight is 180 g/mol. The zero-order valence-electron chi connectivity index (χ0n) is 4.63. The van der Waals surface area contributed by atoms with Crippen LogP contribution in [0.25, 0.3) is 0 Å². The second-order valence-corrected chi connectivity index (χ2v) is 2.50. The average Bonchev–Trinajstić information content (AvgIpc) is 1.84. The fourth-order valence-electron chi connectivity index (χ4n) is 0.278. The van der Waals surface area contributed by atoms with Gasteiger partial charge in [0.1, 0.15) is 0 Å². The summed E-state index contributed by atoms with van der Waals surface area (Å²) in [5.74, 6) is 0. The Kier molecular flexibility index (Phi) is 2.51. The number of nitrogens with one attached hydrogen (secondary N) is 4. The number of urea groups is 2. The predicted octanol–water partition coefficient (Wildman–Crippen LogP) is -0.275. The first-order valence-corrected chi connectivity index (χ1v) is 3.86. The zero-order valence-corrected chi connectivity index (χ0v) is 6.27. The normalized spacial score (nSPS) is 18.8. The van der Waals surface area contributed by atoms with Gasteiger partial charge in [-0.2, -0.15) is 0 Å². The minimum absolute atomic E-state index is 0.373. The van der Waals surface area contributed by atoms with E-state index in [1.54, 1.807) is 0 Å². The van der Waals surface area contributed by atoms with E-state index < -0.39 is 0 Å². The number of carbonyl (C=O) groups excluding carboxylic acids is 2.